The van der Waals surface area contributed by atoms with Gasteiger partial charge in [-0.2, -0.15) is 0 Å². The van der Waals surface area contributed by atoms with Gasteiger partial charge in [-0.05, 0) is 25.5 Å². The standard InChI is InChI=1S/C13H13N5/c1-7-3-9-10(6-17-12(9)15-4-7)13-16-5-8(2)11(14)18-13/h3-6H,1-2H3,(H,15,17)(H2,14,16,18). The Morgan fingerprint density at radius 3 is 2.78 bits per heavy atom. The van der Waals surface area contributed by atoms with Crippen molar-refractivity contribution >= 4 is 16.9 Å². The molecule has 3 rings (SSSR count). The first-order valence-corrected chi connectivity index (χ1v) is 5.68. The Hall–Kier alpha value is -2.43. The molecule has 0 amide bonds. The predicted molar refractivity (Wildman–Crippen MR) is 71.0 cm³/mol. The van der Waals surface area contributed by atoms with Crippen molar-refractivity contribution in [2.75, 3.05) is 5.73 Å². The number of pyridine rings is 1. The number of aromatic amines is 1. The zero-order valence-corrected chi connectivity index (χ0v) is 10.2. The molecule has 3 heterocycles. The lowest BCUT2D eigenvalue weighted by atomic mass is 10.1. The third-order valence-corrected chi connectivity index (χ3v) is 2.92. The number of nitrogens with two attached hydrogens (primary N) is 1. The molecule has 5 nitrogen and oxygen atoms in total. The SMILES string of the molecule is Cc1cnc2[nH]cc(-c3ncc(C)c(N)n3)c2c1. The van der Waals surface area contributed by atoms with E-state index in [-0.39, 0.29) is 0 Å². The second kappa shape index (κ2) is 3.80. The molecule has 3 aromatic rings. The number of rotatable bonds is 1. The number of nitrogen functional groups attached to an aromatic ring is 1. The molecule has 0 bridgehead atoms. The Kier molecular flexibility index (Phi) is 2.26. The largest absolute Gasteiger partial charge is 0.383 e. The van der Waals surface area contributed by atoms with E-state index in [1.807, 2.05) is 26.2 Å². The van der Waals surface area contributed by atoms with Crippen LogP contribution in [-0.4, -0.2) is 19.9 Å². The Morgan fingerprint density at radius 2 is 2.00 bits per heavy atom. The highest BCUT2D eigenvalue weighted by Gasteiger charge is 2.10. The minimum Gasteiger partial charge on any atom is -0.383 e. The van der Waals surface area contributed by atoms with E-state index in [1.54, 1.807) is 6.20 Å². The summed E-state index contributed by atoms with van der Waals surface area (Å²) in [6.07, 6.45) is 5.42. The molecule has 0 spiro atoms. The zero-order chi connectivity index (χ0) is 12.7. The van der Waals surface area contributed by atoms with Crippen LogP contribution in [0.4, 0.5) is 5.82 Å². The number of fused-ring (bicyclic) bond motifs is 1. The van der Waals surface area contributed by atoms with Gasteiger partial charge >= 0.3 is 0 Å². The molecule has 0 aliphatic rings. The molecule has 0 saturated carbocycles. The van der Waals surface area contributed by atoms with Gasteiger partial charge in [-0.25, -0.2) is 15.0 Å². The van der Waals surface area contributed by atoms with Gasteiger partial charge in [-0.15, -0.1) is 0 Å². The normalized spacial score (nSPS) is 11.0. The van der Waals surface area contributed by atoms with Crippen molar-refractivity contribution in [3.05, 3.63) is 35.8 Å². The van der Waals surface area contributed by atoms with Crippen LogP contribution < -0.4 is 5.73 Å². The zero-order valence-electron chi connectivity index (χ0n) is 10.2. The number of hydrogen-bond acceptors (Lipinski definition) is 4. The van der Waals surface area contributed by atoms with Crippen LogP contribution in [0.3, 0.4) is 0 Å². The molecule has 0 aromatic carbocycles. The van der Waals surface area contributed by atoms with E-state index in [9.17, 15) is 0 Å². The van der Waals surface area contributed by atoms with Crippen LogP contribution in [0.15, 0.2) is 24.7 Å². The van der Waals surface area contributed by atoms with E-state index in [0.717, 1.165) is 27.7 Å². The number of anilines is 1. The summed E-state index contributed by atoms with van der Waals surface area (Å²) in [5, 5.41) is 1.01. The molecule has 5 heteroatoms. The molecule has 0 aliphatic heterocycles. The van der Waals surface area contributed by atoms with Gasteiger partial charge in [-0.1, -0.05) is 0 Å². The molecule has 3 N–H and O–H groups in total. The highest BCUT2D eigenvalue weighted by Crippen LogP contribution is 2.26. The van der Waals surface area contributed by atoms with Crippen molar-refractivity contribution in [1.29, 1.82) is 0 Å². The molecular formula is C13H13N5. The fourth-order valence-electron chi connectivity index (χ4n) is 1.88. The highest BCUT2D eigenvalue weighted by atomic mass is 15.0. The van der Waals surface area contributed by atoms with Crippen LogP contribution in [0.25, 0.3) is 22.4 Å². The summed E-state index contributed by atoms with van der Waals surface area (Å²) >= 11 is 0. The fraction of sp³-hybridized carbons (Fsp3) is 0.154. The molecule has 0 saturated heterocycles. The number of nitrogens with zero attached hydrogens (tertiary/aromatic N) is 3. The van der Waals surface area contributed by atoms with Crippen molar-refractivity contribution in [1.82, 2.24) is 19.9 Å². The van der Waals surface area contributed by atoms with Crippen LogP contribution in [0.5, 0.6) is 0 Å². The number of H-pyrrole nitrogens is 1. The second-order valence-corrected chi connectivity index (χ2v) is 4.37. The lowest BCUT2D eigenvalue weighted by Crippen LogP contribution is -1.97. The predicted octanol–water partition coefficient (Wildman–Crippen LogP) is 2.22. The Morgan fingerprint density at radius 1 is 1.17 bits per heavy atom. The number of nitrogens with one attached hydrogen (secondary N) is 1. The van der Waals surface area contributed by atoms with Crippen LogP contribution in [0.1, 0.15) is 11.1 Å². The third kappa shape index (κ3) is 1.60. The van der Waals surface area contributed by atoms with Gasteiger partial charge in [0.2, 0.25) is 0 Å². The van der Waals surface area contributed by atoms with E-state index in [0.29, 0.717) is 11.6 Å². The van der Waals surface area contributed by atoms with E-state index in [1.165, 1.54) is 0 Å². The van der Waals surface area contributed by atoms with Crippen molar-refractivity contribution in [3.63, 3.8) is 0 Å². The summed E-state index contributed by atoms with van der Waals surface area (Å²) in [5.74, 6) is 1.13. The third-order valence-electron chi connectivity index (χ3n) is 2.92. The Labute approximate surface area is 104 Å². The van der Waals surface area contributed by atoms with Crippen LogP contribution >= 0.6 is 0 Å². The molecule has 0 unspecified atom stereocenters. The van der Waals surface area contributed by atoms with Crippen LogP contribution in [0, 0.1) is 13.8 Å². The maximum atomic E-state index is 5.82. The summed E-state index contributed by atoms with van der Waals surface area (Å²) in [6.45, 7) is 3.90. The lowest BCUT2D eigenvalue weighted by Gasteiger charge is -2.02. The van der Waals surface area contributed by atoms with Gasteiger partial charge in [0.1, 0.15) is 11.5 Å². The summed E-state index contributed by atoms with van der Waals surface area (Å²) in [6, 6.07) is 2.06. The van der Waals surface area contributed by atoms with E-state index in [4.69, 9.17) is 5.73 Å². The maximum Gasteiger partial charge on any atom is 0.163 e. The minimum absolute atomic E-state index is 0.509. The number of hydrogen-bond donors (Lipinski definition) is 2. The summed E-state index contributed by atoms with van der Waals surface area (Å²) in [7, 11) is 0. The van der Waals surface area contributed by atoms with Gasteiger partial charge in [0.15, 0.2) is 5.82 Å². The van der Waals surface area contributed by atoms with Gasteiger partial charge in [0, 0.05) is 35.1 Å². The fourth-order valence-corrected chi connectivity index (χ4v) is 1.88. The number of aryl methyl sites for hydroxylation is 2. The first-order valence-electron chi connectivity index (χ1n) is 5.68. The molecule has 0 aliphatic carbocycles. The maximum absolute atomic E-state index is 5.82. The smallest absolute Gasteiger partial charge is 0.163 e. The van der Waals surface area contributed by atoms with Gasteiger partial charge in [-0.3, -0.25) is 0 Å². The Balaban J connectivity index is 2.24. The molecule has 0 radical (unpaired) electrons. The van der Waals surface area contributed by atoms with Gasteiger partial charge < -0.3 is 10.7 Å². The van der Waals surface area contributed by atoms with Crippen molar-refractivity contribution < 1.29 is 0 Å². The summed E-state index contributed by atoms with van der Waals surface area (Å²) < 4.78 is 0. The van der Waals surface area contributed by atoms with Gasteiger partial charge in [0.25, 0.3) is 0 Å². The van der Waals surface area contributed by atoms with E-state index in [2.05, 4.69) is 26.0 Å². The Bertz CT molecular complexity index is 729. The van der Waals surface area contributed by atoms with Crippen molar-refractivity contribution in [2.24, 2.45) is 0 Å². The first-order chi connectivity index (χ1) is 8.65. The average Bonchev–Trinajstić information content (AvgIpc) is 2.75. The summed E-state index contributed by atoms with van der Waals surface area (Å²) in [4.78, 5) is 16.1. The van der Waals surface area contributed by atoms with E-state index >= 15 is 0 Å². The van der Waals surface area contributed by atoms with Crippen LogP contribution in [-0.2, 0) is 0 Å². The molecule has 3 aromatic heterocycles. The molecule has 0 atom stereocenters. The molecule has 18 heavy (non-hydrogen) atoms. The van der Waals surface area contributed by atoms with E-state index < -0.39 is 0 Å². The average molecular weight is 239 g/mol. The quantitative estimate of drug-likeness (QED) is 0.682. The molecule has 0 fully saturated rings. The summed E-state index contributed by atoms with van der Waals surface area (Å²) in [5.41, 5.74) is 9.56. The monoisotopic (exact) mass is 239 g/mol. The first kappa shape index (κ1) is 10.7. The molecule has 90 valence electrons. The minimum atomic E-state index is 0.509. The van der Waals surface area contributed by atoms with Gasteiger partial charge in [0.05, 0.1) is 0 Å². The lowest BCUT2D eigenvalue weighted by molar-refractivity contribution is 1.15. The number of aromatic nitrogens is 4. The second-order valence-electron chi connectivity index (χ2n) is 4.37. The highest BCUT2D eigenvalue weighted by molar-refractivity contribution is 5.92. The molecular weight excluding hydrogens is 226 g/mol. The topological polar surface area (TPSA) is 80.5 Å². The van der Waals surface area contributed by atoms with Crippen LogP contribution in [0.2, 0.25) is 0 Å². The van der Waals surface area contributed by atoms with Crippen molar-refractivity contribution in [2.45, 2.75) is 13.8 Å². The van der Waals surface area contributed by atoms with Crippen molar-refractivity contribution in [3.8, 4) is 11.4 Å².